The highest BCUT2D eigenvalue weighted by Gasteiger charge is 2.15. The molecule has 0 aliphatic carbocycles. The number of aliphatic hydroxyl groups is 1. The van der Waals surface area contributed by atoms with E-state index >= 15 is 0 Å². The van der Waals surface area contributed by atoms with E-state index in [-0.39, 0.29) is 5.75 Å². The first kappa shape index (κ1) is 9.83. The van der Waals surface area contributed by atoms with Gasteiger partial charge in [-0.3, -0.25) is 0 Å². The molecule has 72 valence electrons. The zero-order valence-electron chi connectivity index (χ0n) is 7.44. The first-order valence-corrected chi connectivity index (χ1v) is 4.04. The molecule has 0 spiro atoms. The van der Waals surface area contributed by atoms with Crippen molar-refractivity contribution in [2.45, 2.75) is 19.1 Å². The molecule has 6 N–H and O–H groups in total. The van der Waals surface area contributed by atoms with E-state index < -0.39 is 12.1 Å². The standard InChI is InChI=1S/C9H14N2O2/c1-5(12)9(11)7-4-6(13)2-3-8(7)10/h2-5,9,12-13H,10-11H2,1H3/t5-,9+/m0/s1. The normalized spacial score (nSPS) is 15.3. The Labute approximate surface area is 76.8 Å². The van der Waals surface area contributed by atoms with Crippen LogP contribution in [-0.2, 0) is 0 Å². The molecular formula is C9H14N2O2. The lowest BCUT2D eigenvalue weighted by Crippen LogP contribution is -2.24. The number of nitrogens with two attached hydrogens (primary N) is 2. The second-order valence-electron chi connectivity index (χ2n) is 3.08. The fourth-order valence-corrected chi connectivity index (χ4v) is 1.11. The Kier molecular flexibility index (Phi) is 2.75. The maximum absolute atomic E-state index is 9.23. The van der Waals surface area contributed by atoms with Crippen LogP contribution in [0.25, 0.3) is 0 Å². The molecule has 0 aliphatic heterocycles. The first-order chi connectivity index (χ1) is 6.02. The van der Waals surface area contributed by atoms with Gasteiger partial charge < -0.3 is 21.7 Å². The smallest absolute Gasteiger partial charge is 0.116 e. The van der Waals surface area contributed by atoms with Gasteiger partial charge in [-0.05, 0) is 30.7 Å². The van der Waals surface area contributed by atoms with Gasteiger partial charge in [0.25, 0.3) is 0 Å². The number of hydrogen-bond donors (Lipinski definition) is 4. The summed E-state index contributed by atoms with van der Waals surface area (Å²) in [5.41, 5.74) is 12.3. The van der Waals surface area contributed by atoms with Crippen LogP contribution in [0.15, 0.2) is 18.2 Å². The molecule has 0 heterocycles. The Balaban J connectivity index is 3.05. The van der Waals surface area contributed by atoms with Crippen molar-refractivity contribution >= 4 is 5.69 Å². The van der Waals surface area contributed by atoms with Gasteiger partial charge in [0.15, 0.2) is 0 Å². The summed E-state index contributed by atoms with van der Waals surface area (Å²) < 4.78 is 0. The minimum atomic E-state index is -0.691. The maximum atomic E-state index is 9.23. The summed E-state index contributed by atoms with van der Waals surface area (Å²) in [6.45, 7) is 1.58. The molecule has 0 radical (unpaired) electrons. The first-order valence-electron chi connectivity index (χ1n) is 4.04. The minimum Gasteiger partial charge on any atom is -0.508 e. The maximum Gasteiger partial charge on any atom is 0.116 e. The summed E-state index contributed by atoms with van der Waals surface area (Å²) in [4.78, 5) is 0. The third-order valence-electron chi connectivity index (χ3n) is 1.95. The van der Waals surface area contributed by atoms with Crippen molar-refractivity contribution < 1.29 is 10.2 Å². The number of phenolic OH excluding ortho intramolecular Hbond substituents is 1. The molecular weight excluding hydrogens is 168 g/mol. The van der Waals surface area contributed by atoms with E-state index in [0.29, 0.717) is 11.3 Å². The number of phenols is 1. The molecule has 4 heteroatoms. The average molecular weight is 182 g/mol. The number of nitrogen functional groups attached to an aromatic ring is 1. The van der Waals surface area contributed by atoms with Crippen molar-refractivity contribution in [3.8, 4) is 5.75 Å². The largest absolute Gasteiger partial charge is 0.508 e. The lowest BCUT2D eigenvalue weighted by atomic mass is 10.0. The third-order valence-corrected chi connectivity index (χ3v) is 1.95. The fourth-order valence-electron chi connectivity index (χ4n) is 1.11. The molecule has 0 fully saturated rings. The topological polar surface area (TPSA) is 92.5 Å². The van der Waals surface area contributed by atoms with Gasteiger partial charge in [0.2, 0.25) is 0 Å². The molecule has 0 aliphatic rings. The molecule has 1 aromatic carbocycles. The monoisotopic (exact) mass is 182 g/mol. The summed E-state index contributed by atoms with van der Waals surface area (Å²) in [5, 5.41) is 18.4. The summed E-state index contributed by atoms with van der Waals surface area (Å²) in [6, 6.07) is 3.94. The number of aliphatic hydroxyl groups excluding tert-OH is 1. The molecule has 0 unspecified atom stereocenters. The van der Waals surface area contributed by atoms with Crippen LogP contribution in [0.3, 0.4) is 0 Å². The van der Waals surface area contributed by atoms with Gasteiger partial charge in [-0.15, -0.1) is 0 Å². The van der Waals surface area contributed by atoms with Gasteiger partial charge in [-0.1, -0.05) is 0 Å². The summed E-state index contributed by atoms with van der Waals surface area (Å²) in [7, 11) is 0. The highest BCUT2D eigenvalue weighted by Crippen LogP contribution is 2.25. The Hall–Kier alpha value is -1.26. The number of anilines is 1. The molecule has 0 bridgehead atoms. The second-order valence-corrected chi connectivity index (χ2v) is 3.08. The highest BCUT2D eigenvalue weighted by atomic mass is 16.3. The van der Waals surface area contributed by atoms with E-state index in [0.717, 1.165) is 0 Å². The molecule has 1 rings (SSSR count). The van der Waals surface area contributed by atoms with Crippen LogP contribution in [0.4, 0.5) is 5.69 Å². The van der Waals surface area contributed by atoms with E-state index in [1.54, 1.807) is 13.0 Å². The van der Waals surface area contributed by atoms with Gasteiger partial charge in [-0.25, -0.2) is 0 Å². The Morgan fingerprint density at radius 2 is 2.00 bits per heavy atom. The summed E-state index contributed by atoms with van der Waals surface area (Å²) in [6.07, 6.45) is -0.691. The highest BCUT2D eigenvalue weighted by molar-refractivity contribution is 5.51. The lowest BCUT2D eigenvalue weighted by Gasteiger charge is -2.17. The second kappa shape index (κ2) is 3.64. The van der Waals surface area contributed by atoms with Crippen molar-refractivity contribution in [3.05, 3.63) is 23.8 Å². The molecule has 0 amide bonds. The minimum absolute atomic E-state index is 0.0975. The third kappa shape index (κ3) is 2.11. The molecule has 13 heavy (non-hydrogen) atoms. The molecule has 2 atom stereocenters. The predicted molar refractivity (Wildman–Crippen MR) is 51.1 cm³/mol. The van der Waals surface area contributed by atoms with Gasteiger partial charge >= 0.3 is 0 Å². The molecule has 1 aromatic rings. The van der Waals surface area contributed by atoms with Crippen molar-refractivity contribution in [3.63, 3.8) is 0 Å². The van der Waals surface area contributed by atoms with E-state index in [2.05, 4.69) is 0 Å². The van der Waals surface area contributed by atoms with Crippen LogP contribution in [0, 0.1) is 0 Å². The molecule has 0 saturated heterocycles. The number of hydrogen-bond acceptors (Lipinski definition) is 4. The number of aromatic hydroxyl groups is 1. The quantitative estimate of drug-likeness (QED) is 0.392. The molecule has 0 aromatic heterocycles. The van der Waals surface area contributed by atoms with Crippen molar-refractivity contribution in [2.75, 3.05) is 5.73 Å². The lowest BCUT2D eigenvalue weighted by molar-refractivity contribution is 0.164. The van der Waals surface area contributed by atoms with E-state index in [1.807, 2.05) is 0 Å². The number of benzene rings is 1. The van der Waals surface area contributed by atoms with Gasteiger partial charge in [0.1, 0.15) is 5.75 Å². The molecule has 4 nitrogen and oxygen atoms in total. The van der Waals surface area contributed by atoms with Crippen molar-refractivity contribution in [1.29, 1.82) is 0 Å². The van der Waals surface area contributed by atoms with Crippen LogP contribution in [0.5, 0.6) is 5.75 Å². The Morgan fingerprint density at radius 3 is 2.54 bits per heavy atom. The van der Waals surface area contributed by atoms with Crippen LogP contribution in [0.2, 0.25) is 0 Å². The van der Waals surface area contributed by atoms with E-state index in [1.165, 1.54) is 12.1 Å². The zero-order valence-corrected chi connectivity index (χ0v) is 7.44. The van der Waals surface area contributed by atoms with Crippen LogP contribution in [-0.4, -0.2) is 16.3 Å². The Morgan fingerprint density at radius 1 is 1.38 bits per heavy atom. The van der Waals surface area contributed by atoms with Crippen LogP contribution >= 0.6 is 0 Å². The summed E-state index contributed by atoms with van der Waals surface area (Å²) in [5.74, 6) is 0.0975. The van der Waals surface area contributed by atoms with Gasteiger partial charge in [0, 0.05) is 5.69 Å². The summed E-state index contributed by atoms with van der Waals surface area (Å²) >= 11 is 0. The van der Waals surface area contributed by atoms with Crippen LogP contribution < -0.4 is 11.5 Å². The predicted octanol–water partition coefficient (Wildman–Crippen LogP) is 0.355. The SMILES string of the molecule is C[C@H](O)[C@@H](N)c1cc(O)ccc1N. The molecule has 0 saturated carbocycles. The van der Waals surface area contributed by atoms with Crippen molar-refractivity contribution in [2.24, 2.45) is 5.73 Å². The Bertz CT molecular complexity index is 300. The van der Waals surface area contributed by atoms with Crippen LogP contribution in [0.1, 0.15) is 18.5 Å². The zero-order chi connectivity index (χ0) is 10.0. The van der Waals surface area contributed by atoms with Gasteiger partial charge in [-0.2, -0.15) is 0 Å². The van der Waals surface area contributed by atoms with Crippen molar-refractivity contribution in [1.82, 2.24) is 0 Å². The number of rotatable bonds is 2. The van der Waals surface area contributed by atoms with E-state index in [4.69, 9.17) is 11.5 Å². The average Bonchev–Trinajstić information content (AvgIpc) is 2.08. The van der Waals surface area contributed by atoms with Gasteiger partial charge in [0.05, 0.1) is 12.1 Å². The fraction of sp³-hybridized carbons (Fsp3) is 0.333. The van der Waals surface area contributed by atoms with E-state index in [9.17, 15) is 10.2 Å².